The van der Waals surface area contributed by atoms with E-state index in [2.05, 4.69) is 41.8 Å². The second-order valence-electron chi connectivity index (χ2n) is 6.48. The fourth-order valence-electron chi connectivity index (χ4n) is 3.58. The molecule has 0 aliphatic heterocycles. The summed E-state index contributed by atoms with van der Waals surface area (Å²) < 4.78 is 2.73. The molecule has 20 heavy (non-hydrogen) atoms. The van der Waals surface area contributed by atoms with Crippen molar-refractivity contribution in [3.05, 3.63) is 16.4 Å². The Hall–Kier alpha value is -0.640. The first kappa shape index (κ1) is 15.7. The lowest BCUT2D eigenvalue weighted by atomic mass is 9.74. The number of ketones is 1. The molecule has 0 saturated heterocycles. The van der Waals surface area contributed by atoms with Gasteiger partial charge in [-0.25, -0.2) is 0 Å². The summed E-state index contributed by atoms with van der Waals surface area (Å²) in [6.07, 6.45) is 8.18. The van der Waals surface area contributed by atoms with E-state index in [4.69, 9.17) is 0 Å². The number of rotatable bonds is 6. The Kier molecular flexibility index (Phi) is 5.05. The smallest absolute Gasteiger partial charge is 0.188 e. The number of Topliss-reactive ketones (excluding diaryl/α,β-unsaturated/α-hetero) is 1. The predicted octanol–water partition coefficient (Wildman–Crippen LogP) is 4.84. The highest BCUT2D eigenvalue weighted by Crippen LogP contribution is 2.46. The van der Waals surface area contributed by atoms with Gasteiger partial charge in [-0.05, 0) is 47.5 Å². The van der Waals surface area contributed by atoms with Crippen molar-refractivity contribution in [2.24, 2.45) is 11.3 Å². The SMILES string of the molecule is CCCn1ncc(Br)c1C(=O)C1(CC(C)C)CCCC1. The molecule has 0 amide bonds. The fourth-order valence-corrected chi connectivity index (χ4v) is 4.05. The van der Waals surface area contributed by atoms with Gasteiger partial charge in [-0.3, -0.25) is 9.48 Å². The minimum Gasteiger partial charge on any atom is -0.292 e. The molecule has 0 unspecified atom stereocenters. The third-order valence-corrected chi connectivity index (χ3v) is 4.87. The van der Waals surface area contributed by atoms with Crippen LogP contribution >= 0.6 is 15.9 Å². The summed E-state index contributed by atoms with van der Waals surface area (Å²) in [7, 11) is 0. The van der Waals surface area contributed by atoms with Crippen LogP contribution in [0.4, 0.5) is 0 Å². The van der Waals surface area contributed by atoms with Gasteiger partial charge in [0.25, 0.3) is 0 Å². The largest absolute Gasteiger partial charge is 0.292 e. The highest BCUT2D eigenvalue weighted by Gasteiger charge is 2.43. The van der Waals surface area contributed by atoms with E-state index in [9.17, 15) is 4.79 Å². The van der Waals surface area contributed by atoms with Crippen molar-refractivity contribution in [1.82, 2.24) is 9.78 Å². The molecule has 0 spiro atoms. The molecule has 1 aromatic heterocycles. The molecule has 112 valence electrons. The summed E-state index contributed by atoms with van der Waals surface area (Å²) in [4.78, 5) is 13.2. The lowest BCUT2D eigenvalue weighted by Crippen LogP contribution is -2.32. The zero-order chi connectivity index (χ0) is 14.8. The van der Waals surface area contributed by atoms with E-state index in [-0.39, 0.29) is 5.41 Å². The highest BCUT2D eigenvalue weighted by atomic mass is 79.9. The summed E-state index contributed by atoms with van der Waals surface area (Å²) in [5.74, 6) is 0.861. The Morgan fingerprint density at radius 3 is 2.65 bits per heavy atom. The molecule has 0 bridgehead atoms. The first-order valence-electron chi connectivity index (χ1n) is 7.76. The van der Waals surface area contributed by atoms with Gasteiger partial charge in [-0.2, -0.15) is 5.10 Å². The van der Waals surface area contributed by atoms with E-state index < -0.39 is 0 Å². The van der Waals surface area contributed by atoms with Gasteiger partial charge in [0, 0.05) is 12.0 Å². The number of nitrogens with zero attached hydrogens (tertiary/aromatic N) is 2. The number of halogens is 1. The van der Waals surface area contributed by atoms with Gasteiger partial charge in [-0.1, -0.05) is 33.6 Å². The van der Waals surface area contributed by atoms with E-state index in [0.717, 1.165) is 42.4 Å². The lowest BCUT2D eigenvalue weighted by molar-refractivity contribution is 0.0746. The Bertz CT molecular complexity index is 473. The quantitative estimate of drug-likeness (QED) is 0.694. The van der Waals surface area contributed by atoms with Crippen molar-refractivity contribution in [1.29, 1.82) is 0 Å². The summed E-state index contributed by atoms with van der Waals surface area (Å²) in [6.45, 7) is 7.35. The number of hydrogen-bond acceptors (Lipinski definition) is 2. The second-order valence-corrected chi connectivity index (χ2v) is 7.33. The van der Waals surface area contributed by atoms with Crippen molar-refractivity contribution < 1.29 is 4.79 Å². The van der Waals surface area contributed by atoms with E-state index in [1.54, 1.807) is 6.20 Å². The van der Waals surface area contributed by atoms with Crippen molar-refractivity contribution in [2.75, 3.05) is 0 Å². The van der Waals surface area contributed by atoms with Gasteiger partial charge in [-0.15, -0.1) is 0 Å². The van der Waals surface area contributed by atoms with Crippen molar-refractivity contribution in [2.45, 2.75) is 65.8 Å². The molecule has 0 radical (unpaired) electrons. The van der Waals surface area contributed by atoms with Gasteiger partial charge < -0.3 is 0 Å². The van der Waals surface area contributed by atoms with E-state index in [0.29, 0.717) is 11.7 Å². The molecule has 0 aromatic carbocycles. The second kappa shape index (κ2) is 6.42. The number of aromatic nitrogens is 2. The van der Waals surface area contributed by atoms with Crippen LogP contribution < -0.4 is 0 Å². The standard InChI is InChI=1S/C16H25BrN2O/c1-4-9-19-14(13(17)11-18-19)15(20)16(10-12(2)3)7-5-6-8-16/h11-12H,4-10H2,1-3H3. The molecule has 4 heteroatoms. The monoisotopic (exact) mass is 340 g/mol. The molecule has 2 rings (SSSR count). The Morgan fingerprint density at radius 2 is 2.10 bits per heavy atom. The van der Waals surface area contributed by atoms with Gasteiger partial charge >= 0.3 is 0 Å². The zero-order valence-electron chi connectivity index (χ0n) is 12.8. The molecular formula is C16H25BrN2O. The third kappa shape index (κ3) is 3.00. The Labute approximate surface area is 130 Å². The molecule has 3 nitrogen and oxygen atoms in total. The topological polar surface area (TPSA) is 34.9 Å². The van der Waals surface area contributed by atoms with Gasteiger partial charge in [0.1, 0.15) is 5.69 Å². The Morgan fingerprint density at radius 1 is 1.45 bits per heavy atom. The first-order valence-corrected chi connectivity index (χ1v) is 8.55. The van der Waals surface area contributed by atoms with Crippen LogP contribution in [0.3, 0.4) is 0 Å². The summed E-state index contributed by atoms with van der Waals surface area (Å²) >= 11 is 3.52. The van der Waals surface area contributed by atoms with E-state index in [1.165, 1.54) is 12.8 Å². The Balaban J connectivity index is 2.35. The maximum Gasteiger partial charge on any atom is 0.188 e. The minimum atomic E-state index is -0.151. The maximum atomic E-state index is 13.2. The number of carbonyl (C=O) groups excluding carboxylic acids is 1. The summed E-state index contributed by atoms with van der Waals surface area (Å²) in [5.41, 5.74) is 0.636. The van der Waals surface area contributed by atoms with Crippen LogP contribution in [0.1, 0.15) is 69.8 Å². The van der Waals surface area contributed by atoms with E-state index >= 15 is 0 Å². The first-order chi connectivity index (χ1) is 9.50. The maximum absolute atomic E-state index is 13.2. The van der Waals surface area contributed by atoms with Crippen LogP contribution in [0.5, 0.6) is 0 Å². The summed E-state index contributed by atoms with van der Waals surface area (Å²) in [6, 6.07) is 0. The normalized spacial score (nSPS) is 17.9. The number of aryl methyl sites for hydroxylation is 1. The number of hydrogen-bond donors (Lipinski definition) is 0. The van der Waals surface area contributed by atoms with Gasteiger partial charge in [0.05, 0.1) is 10.7 Å². The fraction of sp³-hybridized carbons (Fsp3) is 0.750. The molecule has 1 aliphatic carbocycles. The van der Waals surface area contributed by atoms with Crippen LogP contribution in [0.15, 0.2) is 10.7 Å². The molecule has 0 atom stereocenters. The van der Waals surface area contributed by atoms with E-state index in [1.807, 2.05) is 4.68 Å². The third-order valence-electron chi connectivity index (χ3n) is 4.29. The molecule has 0 N–H and O–H groups in total. The number of carbonyl (C=O) groups is 1. The van der Waals surface area contributed by atoms with Crippen LogP contribution in [-0.2, 0) is 6.54 Å². The molecule has 1 saturated carbocycles. The molecular weight excluding hydrogens is 316 g/mol. The summed E-state index contributed by atoms with van der Waals surface area (Å²) in [5, 5.41) is 4.36. The lowest BCUT2D eigenvalue weighted by Gasteiger charge is -2.29. The van der Waals surface area contributed by atoms with Crippen LogP contribution in [0.2, 0.25) is 0 Å². The van der Waals surface area contributed by atoms with Crippen molar-refractivity contribution >= 4 is 21.7 Å². The predicted molar refractivity (Wildman–Crippen MR) is 84.9 cm³/mol. The van der Waals surface area contributed by atoms with Gasteiger partial charge in [0.2, 0.25) is 0 Å². The van der Waals surface area contributed by atoms with Crippen molar-refractivity contribution in [3.8, 4) is 0 Å². The average Bonchev–Trinajstić information content (AvgIpc) is 2.97. The van der Waals surface area contributed by atoms with Crippen LogP contribution in [0.25, 0.3) is 0 Å². The van der Waals surface area contributed by atoms with Crippen molar-refractivity contribution in [3.63, 3.8) is 0 Å². The molecule has 1 aliphatic rings. The highest BCUT2D eigenvalue weighted by molar-refractivity contribution is 9.10. The van der Waals surface area contributed by atoms with Crippen LogP contribution in [-0.4, -0.2) is 15.6 Å². The average molecular weight is 341 g/mol. The minimum absolute atomic E-state index is 0.151. The molecule has 1 heterocycles. The van der Waals surface area contributed by atoms with Crippen LogP contribution in [0, 0.1) is 11.3 Å². The zero-order valence-corrected chi connectivity index (χ0v) is 14.4. The van der Waals surface area contributed by atoms with Gasteiger partial charge in [0.15, 0.2) is 5.78 Å². The molecule has 1 aromatic rings. The molecule has 1 fully saturated rings.